The first-order valence-electron chi connectivity index (χ1n) is 35.6. The molecule has 16 rings (SSSR count). The zero-order valence-electron chi connectivity index (χ0n) is 60.7. The van der Waals surface area contributed by atoms with Crippen molar-refractivity contribution in [3.8, 4) is 22.3 Å². The van der Waals surface area contributed by atoms with E-state index in [1.54, 1.807) is 0 Å². The molecule has 5 heteroatoms. The third-order valence-electron chi connectivity index (χ3n) is 24.4. The van der Waals surface area contributed by atoms with E-state index in [1.807, 2.05) is 0 Å². The van der Waals surface area contributed by atoms with E-state index in [1.165, 1.54) is 123 Å². The van der Waals surface area contributed by atoms with Crippen molar-refractivity contribution in [3.63, 3.8) is 0 Å². The molecule has 9 aromatic carbocycles. The molecule has 4 nitrogen and oxygen atoms in total. The molecule has 0 amide bonds. The maximum atomic E-state index is 7.98. The van der Waals surface area contributed by atoms with Crippen molar-refractivity contribution in [1.82, 2.24) is 0 Å². The summed E-state index contributed by atoms with van der Waals surface area (Å²) in [6.45, 7) is 50.6. The average molecular weight is 1250 g/mol. The summed E-state index contributed by atoms with van der Waals surface area (Å²) in [6, 6.07) is 65.8. The number of anilines is 9. The molecule has 0 saturated heterocycles. The van der Waals surface area contributed by atoms with Crippen molar-refractivity contribution >= 4 is 85.5 Å². The van der Waals surface area contributed by atoms with Crippen LogP contribution < -0.4 is 31.3 Å². The van der Waals surface area contributed by atoms with Crippen LogP contribution in [0.3, 0.4) is 0 Å². The van der Waals surface area contributed by atoms with Crippen molar-refractivity contribution in [3.05, 3.63) is 225 Å². The normalized spacial score (nSPS) is 18.4. The number of benzene rings is 9. The Bertz CT molecular complexity index is 4800. The SMILES string of the molecule is CC(C)(C)c1cc(N2c3ccc(C(C)(C)C)cc3B3c4oc5cc6c(cc5c4N(c4ccc5c(c4)C(C)(C)CCC5(C)C)c4cc(N(c5ccc7c(c5)C(C)(C)c5ccccc5-7)c5ccc7c(c5)C(C)(C)c5ccccc5-7)cc2c43)C(C)(C)CCC6(C)C)cc(C(C)(C)C)c1. The second-order valence-electron chi connectivity index (χ2n) is 36.4. The summed E-state index contributed by atoms with van der Waals surface area (Å²) < 4.78 is 7.98. The molecule has 0 bridgehead atoms. The molecule has 482 valence electrons. The van der Waals surface area contributed by atoms with Gasteiger partial charge in [-0.2, -0.15) is 0 Å². The van der Waals surface area contributed by atoms with Gasteiger partial charge in [0.15, 0.2) is 0 Å². The Balaban J connectivity index is 1.08. The highest BCUT2D eigenvalue weighted by Crippen LogP contribution is 2.58. The van der Waals surface area contributed by atoms with Crippen LogP contribution in [0.4, 0.5) is 51.2 Å². The molecule has 4 aliphatic carbocycles. The molecule has 10 aromatic rings. The fourth-order valence-corrected chi connectivity index (χ4v) is 18.1. The molecule has 0 fully saturated rings. The smallest absolute Gasteiger partial charge is 0.297 e. The van der Waals surface area contributed by atoms with Crippen LogP contribution in [0.25, 0.3) is 33.2 Å². The van der Waals surface area contributed by atoms with Gasteiger partial charge < -0.3 is 19.1 Å². The molecule has 3 heterocycles. The van der Waals surface area contributed by atoms with Crippen molar-refractivity contribution in [2.75, 3.05) is 14.7 Å². The Labute approximate surface area is 568 Å². The summed E-state index contributed by atoms with van der Waals surface area (Å²) in [4.78, 5) is 8.02. The second kappa shape index (κ2) is 19.8. The van der Waals surface area contributed by atoms with Crippen LogP contribution in [0.2, 0.25) is 0 Å². The predicted molar refractivity (Wildman–Crippen MR) is 407 cm³/mol. The van der Waals surface area contributed by atoms with Crippen molar-refractivity contribution in [1.29, 1.82) is 0 Å². The van der Waals surface area contributed by atoms with Gasteiger partial charge in [0, 0.05) is 56.0 Å². The Morgan fingerprint density at radius 1 is 0.368 bits per heavy atom. The van der Waals surface area contributed by atoms with E-state index in [4.69, 9.17) is 4.42 Å². The molecule has 0 unspecified atom stereocenters. The fourth-order valence-electron chi connectivity index (χ4n) is 18.1. The third-order valence-corrected chi connectivity index (χ3v) is 24.4. The van der Waals surface area contributed by atoms with E-state index < -0.39 is 0 Å². The van der Waals surface area contributed by atoms with E-state index >= 15 is 0 Å². The van der Waals surface area contributed by atoms with Crippen LogP contribution in [-0.4, -0.2) is 6.71 Å². The van der Waals surface area contributed by atoms with Crippen LogP contribution in [-0.2, 0) is 48.7 Å². The first kappa shape index (κ1) is 61.8. The minimum absolute atomic E-state index is 0.0183. The Kier molecular flexibility index (Phi) is 12.9. The van der Waals surface area contributed by atoms with Gasteiger partial charge in [0.05, 0.1) is 17.0 Å². The van der Waals surface area contributed by atoms with E-state index in [0.29, 0.717) is 0 Å². The van der Waals surface area contributed by atoms with Crippen molar-refractivity contribution in [2.24, 2.45) is 0 Å². The average Bonchev–Trinajstić information content (AvgIpc) is 1.68. The van der Waals surface area contributed by atoms with Crippen LogP contribution in [0, 0.1) is 0 Å². The van der Waals surface area contributed by atoms with Gasteiger partial charge in [0.25, 0.3) is 6.71 Å². The highest BCUT2D eigenvalue weighted by Gasteiger charge is 2.50. The van der Waals surface area contributed by atoms with Crippen LogP contribution in [0.15, 0.2) is 168 Å². The topological polar surface area (TPSA) is 22.9 Å². The van der Waals surface area contributed by atoms with Crippen LogP contribution in [0.1, 0.15) is 232 Å². The van der Waals surface area contributed by atoms with E-state index in [-0.39, 0.29) is 55.4 Å². The second-order valence-corrected chi connectivity index (χ2v) is 36.4. The molecule has 0 radical (unpaired) electrons. The largest absolute Gasteiger partial charge is 0.468 e. The van der Waals surface area contributed by atoms with Gasteiger partial charge in [-0.05, 0) is 237 Å². The molecule has 95 heavy (non-hydrogen) atoms. The molecule has 6 aliphatic rings. The first-order chi connectivity index (χ1) is 44.5. The summed E-state index contributed by atoms with van der Waals surface area (Å²) in [6.07, 6.45) is 4.51. The highest BCUT2D eigenvalue weighted by atomic mass is 16.3. The van der Waals surface area contributed by atoms with Crippen LogP contribution in [0.5, 0.6) is 0 Å². The first-order valence-corrected chi connectivity index (χ1v) is 35.6. The van der Waals surface area contributed by atoms with Gasteiger partial charge >= 0.3 is 0 Å². The molecule has 0 saturated carbocycles. The lowest BCUT2D eigenvalue weighted by molar-refractivity contribution is 0.332. The molecular formula is C90H98BN3O. The summed E-state index contributed by atoms with van der Waals surface area (Å²) in [5.41, 5.74) is 34.4. The van der Waals surface area contributed by atoms with Gasteiger partial charge in [-0.25, -0.2) is 0 Å². The molecule has 1 aromatic heterocycles. The van der Waals surface area contributed by atoms with Gasteiger partial charge in [-0.1, -0.05) is 230 Å². The number of nitrogens with zero attached hydrogens (tertiary/aromatic N) is 3. The number of furan rings is 1. The number of hydrogen-bond acceptors (Lipinski definition) is 4. The van der Waals surface area contributed by atoms with Gasteiger partial charge in [-0.3, -0.25) is 0 Å². The zero-order chi connectivity index (χ0) is 67.2. The van der Waals surface area contributed by atoms with E-state index in [2.05, 4.69) is 324 Å². The molecule has 2 aliphatic heterocycles. The maximum absolute atomic E-state index is 7.98. The van der Waals surface area contributed by atoms with Gasteiger partial charge in [-0.15, -0.1) is 0 Å². The summed E-state index contributed by atoms with van der Waals surface area (Å²) in [5, 5.41) is 1.18. The monoisotopic (exact) mass is 1250 g/mol. The number of fused-ring (bicyclic) bond motifs is 14. The lowest BCUT2D eigenvalue weighted by Gasteiger charge is -2.45. The summed E-state index contributed by atoms with van der Waals surface area (Å²) in [7, 11) is 0. The van der Waals surface area contributed by atoms with Gasteiger partial charge in [0.1, 0.15) is 5.58 Å². The molecule has 0 atom stereocenters. The highest BCUT2D eigenvalue weighted by molar-refractivity contribution is 7.00. The molecule has 0 N–H and O–H groups in total. The summed E-state index contributed by atoms with van der Waals surface area (Å²) >= 11 is 0. The number of rotatable bonds is 5. The van der Waals surface area contributed by atoms with Crippen LogP contribution >= 0.6 is 0 Å². The molecule has 0 spiro atoms. The van der Waals surface area contributed by atoms with E-state index in [9.17, 15) is 0 Å². The Morgan fingerprint density at radius 2 is 0.842 bits per heavy atom. The molecular weight excluding hydrogens is 1150 g/mol. The van der Waals surface area contributed by atoms with Gasteiger partial charge in [0.2, 0.25) is 0 Å². The quantitative estimate of drug-likeness (QED) is 0.160. The summed E-state index contributed by atoms with van der Waals surface area (Å²) in [5.74, 6) is 0. The minimum Gasteiger partial charge on any atom is -0.468 e. The van der Waals surface area contributed by atoms with Crippen molar-refractivity contribution < 1.29 is 4.42 Å². The van der Waals surface area contributed by atoms with E-state index in [0.717, 1.165) is 65.4 Å². The third kappa shape index (κ3) is 9.11. The van der Waals surface area contributed by atoms with Crippen molar-refractivity contribution in [2.45, 2.75) is 220 Å². The lowest BCUT2D eigenvalue weighted by Crippen LogP contribution is -2.61. The Morgan fingerprint density at radius 3 is 1.37 bits per heavy atom. The lowest BCUT2D eigenvalue weighted by atomic mass is 9.35. The minimum atomic E-state index is -0.257. The zero-order valence-corrected chi connectivity index (χ0v) is 60.7. The standard InChI is InChI=1S/C90H98BN3O/c1-82(2,3)53-30-37-75-74(45-53)91-79-76(93(75)59-43-54(83(4,5)6)42-55(44-59)84(7,8)9)49-60(92(56-31-34-63-61-26-22-24-28-66(61)89(18,19)69(63)46-56)57-32-35-64-62-27-23-25-29-67(62)90(20,21)70(64)47-57)50-77(79)94(58-33-36-68-71(48-58)86(12,13)39-38-85(68,10)11)80-65-51-72-73(52-78(65)95-81(80)91)88(16,17)41-40-87(72,14)15/h22-37,42-52H,38-41H2,1-21H3. The predicted octanol–water partition coefficient (Wildman–Crippen LogP) is 23.2. The number of hydrogen-bond donors (Lipinski definition) is 0. The Hall–Kier alpha value is -8.02. The maximum Gasteiger partial charge on any atom is 0.297 e. The fraction of sp³-hybridized carbons (Fsp3) is 0.378.